The van der Waals surface area contributed by atoms with Crippen LogP contribution in [-0.2, 0) is 0 Å². The molecule has 19 heavy (non-hydrogen) atoms. The molecule has 0 saturated heterocycles. The van der Waals surface area contributed by atoms with E-state index in [1.807, 2.05) is 30.5 Å². The quantitative estimate of drug-likeness (QED) is 0.569. The van der Waals surface area contributed by atoms with Crippen LogP contribution < -0.4 is 11.3 Å². The predicted molar refractivity (Wildman–Crippen MR) is 74.6 cm³/mol. The van der Waals surface area contributed by atoms with Crippen molar-refractivity contribution in [2.24, 2.45) is 5.84 Å². The van der Waals surface area contributed by atoms with Gasteiger partial charge >= 0.3 is 0 Å². The average Bonchev–Trinajstić information content (AvgIpc) is 2.86. The van der Waals surface area contributed by atoms with Crippen molar-refractivity contribution in [3.63, 3.8) is 0 Å². The van der Waals surface area contributed by atoms with Crippen molar-refractivity contribution in [2.75, 3.05) is 0 Å². The molecule has 0 saturated carbocycles. The van der Waals surface area contributed by atoms with Crippen molar-refractivity contribution < 1.29 is 4.42 Å². The van der Waals surface area contributed by atoms with E-state index >= 15 is 0 Å². The highest BCUT2D eigenvalue weighted by molar-refractivity contribution is 6.29. The molecule has 0 spiro atoms. The summed E-state index contributed by atoms with van der Waals surface area (Å²) < 4.78 is 5.13. The number of aromatic nitrogens is 1. The monoisotopic (exact) mass is 273 g/mol. The van der Waals surface area contributed by atoms with Crippen LogP contribution >= 0.6 is 11.6 Å². The Hall–Kier alpha value is -1.88. The predicted octanol–water partition coefficient (Wildman–Crippen LogP) is 3.03. The molecule has 4 nitrogen and oxygen atoms in total. The largest absolute Gasteiger partial charge is 0.453 e. The Labute approximate surface area is 115 Å². The van der Waals surface area contributed by atoms with E-state index in [2.05, 4.69) is 10.4 Å². The van der Waals surface area contributed by atoms with E-state index < -0.39 is 0 Å². The minimum atomic E-state index is -0.259. The Kier molecular flexibility index (Phi) is 3.21. The maximum absolute atomic E-state index is 6.03. The number of rotatable bonds is 3. The molecule has 3 aromatic rings. The average molecular weight is 274 g/mol. The fourth-order valence-corrected chi connectivity index (χ4v) is 2.45. The van der Waals surface area contributed by atoms with Crippen molar-refractivity contribution in [2.45, 2.75) is 6.04 Å². The number of nitrogens with zero attached hydrogens (tertiary/aromatic N) is 1. The Balaban J connectivity index is 2.20. The molecule has 5 heteroatoms. The third-order valence-electron chi connectivity index (χ3n) is 3.13. The lowest BCUT2D eigenvalue weighted by atomic mass is 9.98. The molecule has 0 aliphatic rings. The number of nitrogens with one attached hydrogen (secondary N) is 1. The number of pyridine rings is 1. The van der Waals surface area contributed by atoms with Crippen LogP contribution in [0, 0.1) is 0 Å². The summed E-state index contributed by atoms with van der Waals surface area (Å²) in [5.74, 6) is 5.68. The fraction of sp³-hybridized carbons (Fsp3) is 0.0714. The molecule has 0 bridgehead atoms. The summed E-state index contributed by atoms with van der Waals surface area (Å²) in [7, 11) is 0. The van der Waals surface area contributed by atoms with Crippen LogP contribution in [0.3, 0.4) is 0 Å². The Morgan fingerprint density at radius 3 is 2.74 bits per heavy atom. The van der Waals surface area contributed by atoms with E-state index in [-0.39, 0.29) is 6.04 Å². The molecule has 0 aliphatic heterocycles. The SMILES string of the molecule is NNC(c1ccoc1Cl)c1cncc2ccccc12. The highest BCUT2D eigenvalue weighted by Gasteiger charge is 2.20. The zero-order valence-corrected chi connectivity index (χ0v) is 10.8. The van der Waals surface area contributed by atoms with Crippen LogP contribution in [0.2, 0.25) is 5.22 Å². The number of hydrazine groups is 1. The van der Waals surface area contributed by atoms with E-state index in [1.54, 1.807) is 18.5 Å². The van der Waals surface area contributed by atoms with Gasteiger partial charge in [0.15, 0.2) is 5.22 Å². The van der Waals surface area contributed by atoms with Gasteiger partial charge in [-0.1, -0.05) is 24.3 Å². The van der Waals surface area contributed by atoms with E-state index in [0.29, 0.717) is 5.22 Å². The molecular formula is C14H12ClN3O. The van der Waals surface area contributed by atoms with Gasteiger partial charge in [0.25, 0.3) is 0 Å². The molecule has 0 fully saturated rings. The minimum absolute atomic E-state index is 0.259. The summed E-state index contributed by atoms with van der Waals surface area (Å²) in [5, 5.41) is 2.47. The van der Waals surface area contributed by atoms with Gasteiger partial charge in [0.1, 0.15) is 0 Å². The summed E-state index contributed by atoms with van der Waals surface area (Å²) in [6.45, 7) is 0. The summed E-state index contributed by atoms with van der Waals surface area (Å²) in [5.41, 5.74) is 4.53. The molecule has 2 aromatic heterocycles. The van der Waals surface area contributed by atoms with Gasteiger partial charge in [-0.05, 0) is 23.1 Å². The molecule has 3 rings (SSSR count). The van der Waals surface area contributed by atoms with Gasteiger partial charge in [-0.2, -0.15) is 0 Å². The molecule has 0 radical (unpaired) electrons. The first-order chi connectivity index (χ1) is 9.31. The molecule has 3 N–H and O–H groups in total. The van der Waals surface area contributed by atoms with Crippen LogP contribution in [0.1, 0.15) is 17.2 Å². The standard InChI is InChI=1S/C14H12ClN3O/c15-14-11(5-6-19-14)13(18-16)12-8-17-7-9-3-1-2-4-10(9)12/h1-8,13,18H,16H2. The summed E-state index contributed by atoms with van der Waals surface area (Å²) in [6, 6.07) is 9.54. The normalized spacial score (nSPS) is 12.7. The van der Waals surface area contributed by atoms with Crippen LogP contribution in [0.25, 0.3) is 10.8 Å². The number of hydrogen-bond acceptors (Lipinski definition) is 4. The maximum Gasteiger partial charge on any atom is 0.198 e. The molecule has 2 heterocycles. The molecule has 1 unspecified atom stereocenters. The second-order valence-corrected chi connectivity index (χ2v) is 4.54. The summed E-state index contributed by atoms with van der Waals surface area (Å²) in [6.07, 6.45) is 5.15. The Morgan fingerprint density at radius 2 is 2.00 bits per heavy atom. The number of furan rings is 1. The van der Waals surface area contributed by atoms with Gasteiger partial charge in [0.2, 0.25) is 0 Å². The molecular weight excluding hydrogens is 262 g/mol. The summed E-state index contributed by atoms with van der Waals surface area (Å²) >= 11 is 6.03. The van der Waals surface area contributed by atoms with E-state index in [0.717, 1.165) is 21.9 Å². The number of halogens is 1. The van der Waals surface area contributed by atoms with E-state index in [9.17, 15) is 0 Å². The van der Waals surface area contributed by atoms with Gasteiger partial charge in [-0.25, -0.2) is 5.43 Å². The van der Waals surface area contributed by atoms with Crippen molar-refractivity contribution in [1.29, 1.82) is 0 Å². The molecule has 1 aromatic carbocycles. The van der Waals surface area contributed by atoms with Crippen molar-refractivity contribution >= 4 is 22.4 Å². The second-order valence-electron chi connectivity index (χ2n) is 4.20. The lowest BCUT2D eigenvalue weighted by molar-refractivity contribution is 0.556. The first-order valence-electron chi connectivity index (χ1n) is 5.83. The first-order valence-corrected chi connectivity index (χ1v) is 6.20. The first kappa shape index (κ1) is 12.2. The number of fused-ring (bicyclic) bond motifs is 1. The van der Waals surface area contributed by atoms with Gasteiger partial charge < -0.3 is 4.42 Å². The topological polar surface area (TPSA) is 64.1 Å². The van der Waals surface area contributed by atoms with Crippen LogP contribution in [0.4, 0.5) is 0 Å². The highest BCUT2D eigenvalue weighted by atomic mass is 35.5. The molecule has 0 aliphatic carbocycles. The van der Waals surface area contributed by atoms with Crippen LogP contribution in [0.5, 0.6) is 0 Å². The maximum atomic E-state index is 6.03. The van der Waals surface area contributed by atoms with Crippen molar-refractivity contribution in [3.05, 3.63) is 65.3 Å². The number of hydrogen-bond donors (Lipinski definition) is 2. The van der Waals surface area contributed by atoms with Gasteiger partial charge in [-0.3, -0.25) is 10.8 Å². The number of nitrogens with two attached hydrogens (primary N) is 1. The molecule has 0 amide bonds. The second kappa shape index (κ2) is 5.01. The molecule has 1 atom stereocenters. The summed E-state index contributed by atoms with van der Waals surface area (Å²) in [4.78, 5) is 4.25. The third kappa shape index (κ3) is 2.10. The molecule has 96 valence electrons. The highest BCUT2D eigenvalue weighted by Crippen LogP contribution is 2.32. The Morgan fingerprint density at radius 1 is 1.16 bits per heavy atom. The lowest BCUT2D eigenvalue weighted by Crippen LogP contribution is -2.29. The van der Waals surface area contributed by atoms with Gasteiger partial charge in [0.05, 0.1) is 12.3 Å². The third-order valence-corrected chi connectivity index (χ3v) is 3.44. The van der Waals surface area contributed by atoms with Crippen molar-refractivity contribution in [1.82, 2.24) is 10.4 Å². The smallest absolute Gasteiger partial charge is 0.198 e. The van der Waals surface area contributed by atoms with Crippen molar-refractivity contribution in [3.8, 4) is 0 Å². The van der Waals surface area contributed by atoms with E-state index in [4.69, 9.17) is 21.9 Å². The van der Waals surface area contributed by atoms with Gasteiger partial charge in [-0.15, -0.1) is 0 Å². The Bertz CT molecular complexity index is 705. The zero-order chi connectivity index (χ0) is 13.2. The van der Waals surface area contributed by atoms with E-state index in [1.165, 1.54) is 0 Å². The van der Waals surface area contributed by atoms with Crippen LogP contribution in [0.15, 0.2) is 53.4 Å². The fourth-order valence-electron chi connectivity index (χ4n) is 2.23. The zero-order valence-electron chi connectivity index (χ0n) is 10.0. The van der Waals surface area contributed by atoms with Crippen LogP contribution in [-0.4, -0.2) is 4.98 Å². The number of benzene rings is 1. The van der Waals surface area contributed by atoms with Gasteiger partial charge in [0, 0.05) is 28.9 Å². The lowest BCUT2D eigenvalue weighted by Gasteiger charge is -2.17. The minimum Gasteiger partial charge on any atom is -0.453 e.